The molecule has 0 fully saturated rings. The van der Waals surface area contributed by atoms with Crippen molar-refractivity contribution < 1.29 is 4.79 Å². The molecule has 0 N–H and O–H groups in total. The van der Waals surface area contributed by atoms with E-state index in [0.29, 0.717) is 6.54 Å². The molecule has 3 rings (SSSR count). The number of likely N-dealkylation sites (N-methyl/N-ethyl adjacent to an activating group) is 1. The first-order chi connectivity index (χ1) is 13.2. The van der Waals surface area contributed by atoms with E-state index >= 15 is 0 Å². The van der Waals surface area contributed by atoms with Crippen molar-refractivity contribution in [2.75, 3.05) is 13.6 Å². The van der Waals surface area contributed by atoms with Crippen LogP contribution >= 0.6 is 0 Å². The predicted octanol–water partition coefficient (Wildman–Crippen LogP) is 4.48. The molecule has 0 spiro atoms. The molecule has 3 aromatic rings. The van der Waals surface area contributed by atoms with E-state index in [1.807, 2.05) is 72.5 Å². The topological polar surface area (TPSA) is 38.1 Å². The summed E-state index contributed by atoms with van der Waals surface area (Å²) in [5.41, 5.74) is 4.05. The molecule has 27 heavy (non-hydrogen) atoms. The second-order valence-electron chi connectivity index (χ2n) is 6.58. The van der Waals surface area contributed by atoms with Crippen LogP contribution in [0.3, 0.4) is 0 Å². The van der Waals surface area contributed by atoms with E-state index in [9.17, 15) is 4.79 Å². The lowest BCUT2D eigenvalue weighted by molar-refractivity contribution is -0.124. The Bertz CT molecular complexity index is 898. The molecular formula is C23H25N3O. The number of amides is 1. The number of carbonyl (C=O) groups is 1. The van der Waals surface area contributed by atoms with Gasteiger partial charge in [0, 0.05) is 37.0 Å². The van der Waals surface area contributed by atoms with Crippen LogP contribution in [0.4, 0.5) is 0 Å². The summed E-state index contributed by atoms with van der Waals surface area (Å²) in [6.07, 6.45) is 6.44. The largest absolute Gasteiger partial charge is 0.342 e. The lowest BCUT2D eigenvalue weighted by Gasteiger charge is -2.12. The predicted molar refractivity (Wildman–Crippen MR) is 110 cm³/mol. The Morgan fingerprint density at radius 1 is 1.07 bits per heavy atom. The van der Waals surface area contributed by atoms with Gasteiger partial charge in [0.1, 0.15) is 0 Å². The Labute approximate surface area is 160 Å². The van der Waals surface area contributed by atoms with E-state index in [0.717, 1.165) is 29.8 Å². The van der Waals surface area contributed by atoms with Crippen LogP contribution in [-0.4, -0.2) is 34.2 Å². The van der Waals surface area contributed by atoms with E-state index in [1.54, 1.807) is 11.0 Å². The van der Waals surface area contributed by atoms with Gasteiger partial charge in [-0.15, -0.1) is 0 Å². The SMILES string of the molecule is CCCN(C)C(=O)/C=C/c1cn(Cc2ccccc2)nc1-c1ccccc1. The summed E-state index contributed by atoms with van der Waals surface area (Å²) < 4.78 is 1.93. The maximum atomic E-state index is 12.3. The summed E-state index contributed by atoms with van der Waals surface area (Å²) in [5, 5.41) is 4.78. The summed E-state index contributed by atoms with van der Waals surface area (Å²) >= 11 is 0. The maximum Gasteiger partial charge on any atom is 0.246 e. The van der Waals surface area contributed by atoms with Crippen LogP contribution in [0.1, 0.15) is 24.5 Å². The zero-order chi connectivity index (χ0) is 19.1. The van der Waals surface area contributed by atoms with Crippen molar-refractivity contribution in [1.29, 1.82) is 0 Å². The molecule has 1 amide bonds. The fourth-order valence-corrected chi connectivity index (χ4v) is 2.96. The minimum Gasteiger partial charge on any atom is -0.342 e. The lowest BCUT2D eigenvalue weighted by Crippen LogP contribution is -2.25. The van der Waals surface area contributed by atoms with Crippen molar-refractivity contribution in [1.82, 2.24) is 14.7 Å². The Morgan fingerprint density at radius 3 is 2.41 bits per heavy atom. The molecule has 138 valence electrons. The zero-order valence-electron chi connectivity index (χ0n) is 15.9. The minimum absolute atomic E-state index is 0.00618. The van der Waals surface area contributed by atoms with Crippen LogP contribution in [0.15, 0.2) is 72.9 Å². The molecule has 0 unspecified atom stereocenters. The van der Waals surface area contributed by atoms with Gasteiger partial charge in [-0.05, 0) is 18.1 Å². The monoisotopic (exact) mass is 359 g/mol. The standard InChI is InChI=1S/C23H25N3O/c1-3-16-25(2)22(27)15-14-21-18-26(17-19-10-6-4-7-11-19)24-23(21)20-12-8-5-9-13-20/h4-15,18H,3,16-17H2,1-2H3/b15-14+. The van der Waals surface area contributed by atoms with E-state index in [1.165, 1.54) is 5.56 Å². The first-order valence-corrected chi connectivity index (χ1v) is 9.27. The van der Waals surface area contributed by atoms with Gasteiger partial charge in [0.2, 0.25) is 5.91 Å². The zero-order valence-corrected chi connectivity index (χ0v) is 15.9. The summed E-state index contributed by atoms with van der Waals surface area (Å²) in [7, 11) is 1.83. The molecule has 0 radical (unpaired) electrons. The third-order valence-corrected chi connectivity index (χ3v) is 4.37. The molecule has 0 aliphatic heterocycles. The molecule has 0 aliphatic carbocycles. The summed E-state index contributed by atoms with van der Waals surface area (Å²) in [6, 6.07) is 20.3. The van der Waals surface area contributed by atoms with Gasteiger partial charge in [-0.3, -0.25) is 9.48 Å². The Kier molecular flexibility index (Phi) is 6.21. The molecule has 4 nitrogen and oxygen atoms in total. The average molecular weight is 359 g/mol. The molecule has 1 heterocycles. The molecule has 4 heteroatoms. The van der Waals surface area contributed by atoms with Crippen LogP contribution in [0.2, 0.25) is 0 Å². The molecule has 0 bridgehead atoms. The highest BCUT2D eigenvalue weighted by molar-refractivity contribution is 5.92. The van der Waals surface area contributed by atoms with Crippen molar-refractivity contribution in [2.24, 2.45) is 0 Å². The highest BCUT2D eigenvalue weighted by atomic mass is 16.2. The van der Waals surface area contributed by atoms with E-state index < -0.39 is 0 Å². The van der Waals surface area contributed by atoms with Crippen LogP contribution in [0.5, 0.6) is 0 Å². The van der Waals surface area contributed by atoms with Crippen LogP contribution in [-0.2, 0) is 11.3 Å². The van der Waals surface area contributed by atoms with Crippen LogP contribution < -0.4 is 0 Å². The number of benzene rings is 2. The summed E-state index contributed by atoms with van der Waals surface area (Å²) in [5.74, 6) is 0.00618. The quantitative estimate of drug-likeness (QED) is 0.583. The van der Waals surface area contributed by atoms with Gasteiger partial charge in [-0.2, -0.15) is 5.10 Å². The lowest BCUT2D eigenvalue weighted by atomic mass is 10.1. The third kappa shape index (κ3) is 4.94. The van der Waals surface area contributed by atoms with Gasteiger partial charge in [0.15, 0.2) is 0 Å². The van der Waals surface area contributed by atoms with E-state index in [2.05, 4.69) is 19.1 Å². The fraction of sp³-hybridized carbons (Fsp3) is 0.217. The van der Waals surface area contributed by atoms with E-state index in [4.69, 9.17) is 5.10 Å². The molecule has 0 atom stereocenters. The third-order valence-electron chi connectivity index (χ3n) is 4.37. The highest BCUT2D eigenvalue weighted by Crippen LogP contribution is 2.23. The number of hydrogen-bond donors (Lipinski definition) is 0. The van der Waals surface area contributed by atoms with Crippen molar-refractivity contribution in [3.05, 3.63) is 84.1 Å². The molecule has 1 aromatic heterocycles. The van der Waals surface area contributed by atoms with Crippen molar-refractivity contribution in [2.45, 2.75) is 19.9 Å². The van der Waals surface area contributed by atoms with Crippen molar-refractivity contribution in [3.8, 4) is 11.3 Å². The van der Waals surface area contributed by atoms with Gasteiger partial charge in [-0.1, -0.05) is 67.6 Å². The number of rotatable bonds is 7. The molecule has 0 aliphatic rings. The molecule has 0 saturated heterocycles. The Morgan fingerprint density at radius 2 is 1.74 bits per heavy atom. The normalized spacial score (nSPS) is 11.0. The number of carbonyl (C=O) groups excluding carboxylic acids is 1. The highest BCUT2D eigenvalue weighted by Gasteiger charge is 2.11. The average Bonchev–Trinajstić information content (AvgIpc) is 3.10. The number of aromatic nitrogens is 2. The molecule has 0 saturated carbocycles. The molecule has 2 aromatic carbocycles. The first-order valence-electron chi connectivity index (χ1n) is 9.27. The first kappa shape index (κ1) is 18.6. The Balaban J connectivity index is 1.90. The summed E-state index contributed by atoms with van der Waals surface area (Å²) in [4.78, 5) is 14.0. The second-order valence-corrected chi connectivity index (χ2v) is 6.58. The fourth-order valence-electron chi connectivity index (χ4n) is 2.96. The number of nitrogens with zero attached hydrogens (tertiary/aromatic N) is 3. The Hall–Kier alpha value is -3.14. The van der Waals surface area contributed by atoms with Gasteiger partial charge in [0.25, 0.3) is 0 Å². The van der Waals surface area contributed by atoms with E-state index in [-0.39, 0.29) is 5.91 Å². The maximum absolute atomic E-state index is 12.3. The van der Waals surface area contributed by atoms with Gasteiger partial charge >= 0.3 is 0 Å². The van der Waals surface area contributed by atoms with Gasteiger partial charge in [-0.25, -0.2) is 0 Å². The minimum atomic E-state index is 0.00618. The van der Waals surface area contributed by atoms with Crippen LogP contribution in [0, 0.1) is 0 Å². The van der Waals surface area contributed by atoms with Crippen molar-refractivity contribution >= 4 is 12.0 Å². The van der Waals surface area contributed by atoms with Crippen molar-refractivity contribution in [3.63, 3.8) is 0 Å². The summed E-state index contributed by atoms with van der Waals surface area (Å²) in [6.45, 7) is 3.51. The second kappa shape index (κ2) is 8.99. The van der Waals surface area contributed by atoms with Gasteiger partial charge in [0.05, 0.1) is 12.2 Å². The van der Waals surface area contributed by atoms with Gasteiger partial charge < -0.3 is 4.90 Å². The number of hydrogen-bond acceptors (Lipinski definition) is 2. The van der Waals surface area contributed by atoms with Crippen LogP contribution in [0.25, 0.3) is 17.3 Å². The molecular weight excluding hydrogens is 334 g/mol. The smallest absolute Gasteiger partial charge is 0.246 e.